The van der Waals surface area contributed by atoms with E-state index >= 15 is 0 Å². The highest BCUT2D eigenvalue weighted by atomic mass is 32.2. The number of nitrogens with one attached hydrogen (secondary N) is 2. The fraction of sp³-hybridized carbons (Fsp3) is 0.455. The van der Waals surface area contributed by atoms with Crippen molar-refractivity contribution in [2.24, 2.45) is 5.14 Å². The molecule has 0 spiro atoms. The normalized spacial score (nSPS) is 12.3. The molecule has 0 saturated carbocycles. The second-order valence-corrected chi connectivity index (χ2v) is 7.94. The van der Waals surface area contributed by atoms with E-state index in [2.05, 4.69) is 10.0 Å². The summed E-state index contributed by atoms with van der Waals surface area (Å²) < 4.78 is 48.3. The zero-order valence-electron chi connectivity index (χ0n) is 11.9. The van der Waals surface area contributed by atoms with Crippen molar-refractivity contribution in [3.8, 4) is 0 Å². The van der Waals surface area contributed by atoms with Crippen LogP contribution in [0, 0.1) is 6.92 Å². The lowest BCUT2D eigenvalue weighted by Crippen LogP contribution is -2.29. The molecule has 1 aromatic carbocycles. The van der Waals surface area contributed by atoms with Gasteiger partial charge in [0.1, 0.15) is 0 Å². The molecule has 0 aliphatic heterocycles. The molecule has 0 bridgehead atoms. The summed E-state index contributed by atoms with van der Waals surface area (Å²) in [6.07, 6.45) is 0. The number of benzene rings is 1. The van der Waals surface area contributed by atoms with Crippen LogP contribution >= 0.6 is 0 Å². The molecule has 0 radical (unpaired) electrons. The average Bonchev–Trinajstić information content (AvgIpc) is 2.31. The van der Waals surface area contributed by atoms with Gasteiger partial charge in [0.05, 0.1) is 10.6 Å². The third-order valence-electron chi connectivity index (χ3n) is 2.74. The van der Waals surface area contributed by atoms with Gasteiger partial charge < -0.3 is 11.1 Å². The Morgan fingerprint density at radius 3 is 2.33 bits per heavy atom. The van der Waals surface area contributed by atoms with Gasteiger partial charge in [-0.25, -0.2) is 26.7 Å². The summed E-state index contributed by atoms with van der Waals surface area (Å²) in [5, 5.41) is 7.98. The summed E-state index contributed by atoms with van der Waals surface area (Å²) in [4.78, 5) is -0.0838. The number of nitrogens with two attached hydrogens (primary N) is 2. The van der Waals surface area contributed by atoms with Crippen molar-refractivity contribution in [2.75, 3.05) is 29.9 Å². The van der Waals surface area contributed by atoms with Crippen LogP contribution < -0.4 is 20.9 Å². The Balaban J connectivity index is 2.93. The van der Waals surface area contributed by atoms with E-state index in [1.165, 1.54) is 12.1 Å². The van der Waals surface area contributed by atoms with Crippen LogP contribution in [0.4, 0.5) is 11.4 Å². The van der Waals surface area contributed by atoms with E-state index in [1.807, 2.05) is 0 Å². The summed E-state index contributed by atoms with van der Waals surface area (Å²) in [7, 11) is -7.24. The topological polar surface area (TPSA) is 144 Å². The van der Waals surface area contributed by atoms with E-state index in [0.717, 1.165) is 0 Å². The van der Waals surface area contributed by atoms with E-state index in [1.54, 1.807) is 13.8 Å². The molecule has 21 heavy (non-hydrogen) atoms. The Kier molecular flexibility index (Phi) is 5.56. The van der Waals surface area contributed by atoms with Gasteiger partial charge in [0.2, 0.25) is 20.0 Å². The van der Waals surface area contributed by atoms with Crippen molar-refractivity contribution in [1.29, 1.82) is 0 Å². The van der Waals surface area contributed by atoms with Crippen LogP contribution in [0.15, 0.2) is 17.0 Å². The Labute approximate surface area is 125 Å². The maximum absolute atomic E-state index is 11.5. The minimum Gasteiger partial charge on any atom is -0.399 e. The van der Waals surface area contributed by atoms with Crippen molar-refractivity contribution in [3.05, 3.63) is 17.7 Å². The van der Waals surface area contributed by atoms with Gasteiger partial charge >= 0.3 is 0 Å². The van der Waals surface area contributed by atoms with Crippen molar-refractivity contribution in [3.63, 3.8) is 0 Å². The quantitative estimate of drug-likeness (QED) is 0.498. The summed E-state index contributed by atoms with van der Waals surface area (Å²) in [6, 6.07) is 2.80. The Morgan fingerprint density at radius 2 is 1.81 bits per heavy atom. The number of sulfonamides is 2. The van der Waals surface area contributed by atoms with Gasteiger partial charge in [-0.3, -0.25) is 0 Å². The molecular formula is C11H20N4O4S2. The first-order valence-corrected chi connectivity index (χ1v) is 9.41. The predicted molar refractivity (Wildman–Crippen MR) is 82.9 cm³/mol. The molecule has 0 fully saturated rings. The third kappa shape index (κ3) is 5.16. The monoisotopic (exact) mass is 336 g/mol. The molecule has 0 heterocycles. The molecule has 120 valence electrons. The van der Waals surface area contributed by atoms with E-state index in [4.69, 9.17) is 10.9 Å². The molecule has 0 unspecified atom stereocenters. The smallest absolute Gasteiger partial charge is 0.238 e. The number of rotatable bonds is 7. The highest BCUT2D eigenvalue weighted by Crippen LogP contribution is 2.25. The van der Waals surface area contributed by atoms with Crippen molar-refractivity contribution in [2.45, 2.75) is 18.7 Å². The van der Waals surface area contributed by atoms with Gasteiger partial charge in [-0.2, -0.15) is 0 Å². The molecule has 0 saturated heterocycles. The van der Waals surface area contributed by atoms with Crippen molar-refractivity contribution < 1.29 is 16.8 Å². The molecule has 10 heteroatoms. The van der Waals surface area contributed by atoms with Crippen LogP contribution in [-0.4, -0.2) is 35.7 Å². The molecule has 0 aliphatic carbocycles. The van der Waals surface area contributed by atoms with Gasteiger partial charge in [0.25, 0.3) is 0 Å². The lowest BCUT2D eigenvalue weighted by atomic mass is 10.2. The zero-order chi connectivity index (χ0) is 16.3. The average molecular weight is 336 g/mol. The van der Waals surface area contributed by atoms with E-state index < -0.39 is 20.0 Å². The van der Waals surface area contributed by atoms with Gasteiger partial charge in [-0.15, -0.1) is 0 Å². The maximum atomic E-state index is 11.5. The molecule has 8 nitrogen and oxygen atoms in total. The molecule has 1 aromatic rings. The summed E-state index contributed by atoms with van der Waals surface area (Å²) in [5.74, 6) is -0.139. The second kappa shape index (κ2) is 6.60. The molecule has 6 N–H and O–H groups in total. The Morgan fingerprint density at radius 1 is 1.19 bits per heavy atom. The number of hydrogen-bond acceptors (Lipinski definition) is 6. The van der Waals surface area contributed by atoms with E-state index in [9.17, 15) is 16.8 Å². The maximum Gasteiger partial charge on any atom is 0.238 e. The first kappa shape index (κ1) is 17.7. The van der Waals surface area contributed by atoms with Gasteiger partial charge in [-0.1, -0.05) is 6.92 Å². The minimum absolute atomic E-state index is 0.0838. The van der Waals surface area contributed by atoms with Crippen LogP contribution in [0.5, 0.6) is 0 Å². The number of primary sulfonamides is 1. The summed E-state index contributed by atoms with van der Waals surface area (Å²) >= 11 is 0. The van der Waals surface area contributed by atoms with Gasteiger partial charge in [-0.05, 0) is 24.6 Å². The SMILES string of the molecule is CCNS(=O)(=O)CCNc1cc(N)cc(S(N)(=O)=O)c1C. The minimum atomic E-state index is -3.89. The highest BCUT2D eigenvalue weighted by Gasteiger charge is 2.16. The van der Waals surface area contributed by atoms with Crippen molar-refractivity contribution in [1.82, 2.24) is 4.72 Å². The first-order chi connectivity index (χ1) is 9.57. The number of nitrogen functional groups attached to an aromatic ring is 1. The predicted octanol–water partition coefficient (Wildman–Crippen LogP) is -0.424. The van der Waals surface area contributed by atoms with Crippen LogP contribution in [0.2, 0.25) is 0 Å². The molecule has 0 atom stereocenters. The van der Waals surface area contributed by atoms with Crippen LogP contribution in [0.1, 0.15) is 12.5 Å². The number of anilines is 2. The molecule has 0 amide bonds. The third-order valence-corrected chi connectivity index (χ3v) is 5.25. The van der Waals surface area contributed by atoms with Gasteiger partial charge in [0, 0.05) is 24.5 Å². The highest BCUT2D eigenvalue weighted by molar-refractivity contribution is 7.89. The van der Waals surface area contributed by atoms with Crippen LogP contribution in [0.25, 0.3) is 0 Å². The molecule has 0 aliphatic rings. The zero-order valence-corrected chi connectivity index (χ0v) is 13.5. The van der Waals surface area contributed by atoms with Gasteiger partial charge in [0.15, 0.2) is 0 Å². The first-order valence-electron chi connectivity index (χ1n) is 6.21. The molecule has 0 aromatic heterocycles. The number of hydrogen-bond donors (Lipinski definition) is 4. The largest absolute Gasteiger partial charge is 0.399 e. The van der Waals surface area contributed by atoms with E-state index in [0.29, 0.717) is 17.8 Å². The fourth-order valence-electron chi connectivity index (χ4n) is 1.80. The van der Waals surface area contributed by atoms with E-state index in [-0.39, 0.29) is 22.9 Å². The lowest BCUT2D eigenvalue weighted by molar-refractivity contribution is 0.584. The summed E-state index contributed by atoms with van der Waals surface area (Å²) in [6.45, 7) is 3.69. The van der Waals surface area contributed by atoms with Crippen LogP contribution in [0.3, 0.4) is 0 Å². The second-order valence-electron chi connectivity index (χ2n) is 4.48. The standard InChI is InChI=1S/C11H20N4O4S2/c1-3-15-20(16,17)5-4-14-10-6-9(12)7-11(8(10)2)21(13,18)19/h6-7,14-15H,3-5,12H2,1-2H3,(H2,13,18,19). The molecule has 1 rings (SSSR count). The summed E-state index contributed by atoms with van der Waals surface area (Å²) in [5.41, 5.74) is 6.70. The fourth-order valence-corrected chi connectivity index (χ4v) is 3.59. The lowest BCUT2D eigenvalue weighted by Gasteiger charge is -2.14. The van der Waals surface area contributed by atoms with Crippen LogP contribution in [-0.2, 0) is 20.0 Å². The van der Waals surface area contributed by atoms with Crippen molar-refractivity contribution >= 4 is 31.4 Å². The Hall–Kier alpha value is -1.36. The Bertz CT molecular complexity index is 714. The molecular weight excluding hydrogens is 316 g/mol.